The molecule has 0 fully saturated rings. The van der Waals surface area contributed by atoms with E-state index in [4.69, 9.17) is 9.84 Å². The Morgan fingerprint density at radius 2 is 1.18 bits per heavy atom. The number of fused-ring (bicyclic) bond motifs is 2. The number of phenols is 2. The van der Waals surface area contributed by atoms with Crippen molar-refractivity contribution in [3.05, 3.63) is 82.9 Å². The van der Waals surface area contributed by atoms with Gasteiger partial charge in [0, 0.05) is 12.8 Å². The number of nitrogens with zero attached hydrogens (tertiary/aromatic N) is 1. The van der Waals surface area contributed by atoms with Gasteiger partial charge in [0.2, 0.25) is 0 Å². The minimum atomic E-state index is -1.32. The fourth-order valence-electron chi connectivity index (χ4n) is 5.05. The average molecular weight is 607 g/mol. The van der Waals surface area contributed by atoms with Gasteiger partial charge in [0.05, 0.1) is 27.6 Å². The summed E-state index contributed by atoms with van der Waals surface area (Å²) in [6.07, 6.45) is -0.503. The second kappa shape index (κ2) is 13.9. The molecule has 4 rings (SSSR count). The third-order valence-electron chi connectivity index (χ3n) is 6.79. The van der Waals surface area contributed by atoms with Gasteiger partial charge in [0.25, 0.3) is 0 Å². The van der Waals surface area contributed by atoms with Crippen LogP contribution in [0.3, 0.4) is 0 Å². The fraction of sp³-hybridized carbons (Fsp3) is 0.273. The van der Waals surface area contributed by atoms with Crippen molar-refractivity contribution >= 4 is 45.4 Å². The summed E-state index contributed by atoms with van der Waals surface area (Å²) >= 11 is 0. The average Bonchev–Trinajstić information content (AvgIpc) is 2.91. The lowest BCUT2D eigenvalue weighted by Gasteiger charge is -2.28. The van der Waals surface area contributed by atoms with E-state index in [0.29, 0.717) is 32.6 Å². The highest BCUT2D eigenvalue weighted by molar-refractivity contribution is 6.04. The van der Waals surface area contributed by atoms with E-state index in [1.54, 1.807) is 55.5 Å². The Bertz CT molecular complexity index is 1620. The van der Waals surface area contributed by atoms with Crippen molar-refractivity contribution < 1.29 is 53.9 Å². The standard InChI is InChI=1S/C23H16O6.C10H19NO4/c24-18-9-12-5-1-3-7-14(12)16(20(18)22(26)27)11-17-15-8-4-2-6-13(15)10-19(25)21(17)23(28)29;1-5-10(14)15-8(6-9(12)13)7-11(2,3)4/h1-10,24-25H,11H2,(H,26,27)(H,28,29);8H,5-7H2,1-4H3/p+1/t;8-/m.1/s1. The zero-order valence-electron chi connectivity index (χ0n) is 24.9. The number of benzene rings is 4. The van der Waals surface area contributed by atoms with Gasteiger partial charge >= 0.3 is 23.9 Å². The number of carboxylic acid groups (broad SMARTS) is 3. The molecule has 4 aromatic carbocycles. The molecule has 5 N–H and O–H groups in total. The molecule has 0 unspecified atom stereocenters. The van der Waals surface area contributed by atoms with Crippen LogP contribution in [-0.4, -0.2) is 87.7 Å². The normalized spacial score (nSPS) is 11.8. The van der Waals surface area contributed by atoms with E-state index in [9.17, 15) is 39.6 Å². The Labute approximate surface area is 253 Å². The van der Waals surface area contributed by atoms with Gasteiger partial charge in [0.1, 0.15) is 29.2 Å². The van der Waals surface area contributed by atoms with Crippen LogP contribution < -0.4 is 0 Å². The maximum absolute atomic E-state index is 11.9. The van der Waals surface area contributed by atoms with Crippen molar-refractivity contribution in [1.82, 2.24) is 0 Å². The summed E-state index contributed by atoms with van der Waals surface area (Å²) in [4.78, 5) is 45.4. The van der Waals surface area contributed by atoms with Gasteiger partial charge in [-0.1, -0.05) is 55.5 Å². The molecule has 0 aliphatic carbocycles. The molecule has 44 heavy (non-hydrogen) atoms. The first-order valence-electron chi connectivity index (χ1n) is 13.8. The van der Waals surface area contributed by atoms with E-state index in [0.717, 1.165) is 0 Å². The van der Waals surface area contributed by atoms with Crippen molar-refractivity contribution in [3.63, 3.8) is 0 Å². The number of aromatic hydroxyl groups is 2. The number of ether oxygens (including phenoxy) is 1. The first kappa shape index (κ1) is 33.3. The fourth-order valence-corrected chi connectivity index (χ4v) is 5.05. The van der Waals surface area contributed by atoms with E-state index in [-0.39, 0.29) is 47.5 Å². The highest BCUT2D eigenvalue weighted by Crippen LogP contribution is 2.37. The van der Waals surface area contributed by atoms with Crippen LogP contribution in [0.25, 0.3) is 21.5 Å². The second-order valence-electron chi connectivity index (χ2n) is 11.3. The van der Waals surface area contributed by atoms with Crippen LogP contribution in [0.2, 0.25) is 0 Å². The van der Waals surface area contributed by atoms with Gasteiger partial charge in [0.15, 0.2) is 6.10 Å². The molecule has 232 valence electrons. The second-order valence-corrected chi connectivity index (χ2v) is 11.3. The zero-order chi connectivity index (χ0) is 32.8. The Morgan fingerprint density at radius 3 is 1.55 bits per heavy atom. The lowest BCUT2D eigenvalue weighted by atomic mass is 9.88. The predicted octanol–water partition coefficient (Wildman–Crippen LogP) is 4.88. The molecular formula is C33H36NO10+. The minimum absolute atomic E-state index is 0.0902. The van der Waals surface area contributed by atoms with E-state index >= 15 is 0 Å². The first-order valence-corrected chi connectivity index (χ1v) is 13.8. The van der Waals surface area contributed by atoms with E-state index in [1.165, 1.54) is 12.1 Å². The molecule has 0 radical (unpaired) electrons. The SMILES string of the molecule is CCC(=O)O[C@H](CC(=O)O)C[N+](C)(C)C.O=C(O)c1c(O)cc2ccccc2c1Cc1c(C(=O)O)c(O)cc2ccccc12. The summed E-state index contributed by atoms with van der Waals surface area (Å²) in [5, 5.41) is 51.2. The van der Waals surface area contributed by atoms with Gasteiger partial charge in [-0.2, -0.15) is 0 Å². The summed E-state index contributed by atoms with van der Waals surface area (Å²) in [6, 6.07) is 16.7. The molecule has 0 heterocycles. The van der Waals surface area contributed by atoms with Gasteiger partial charge in [-0.3, -0.25) is 9.59 Å². The molecular weight excluding hydrogens is 570 g/mol. The number of carboxylic acids is 3. The number of rotatable bonds is 10. The number of hydrogen-bond donors (Lipinski definition) is 5. The molecule has 0 saturated carbocycles. The zero-order valence-corrected chi connectivity index (χ0v) is 24.9. The third-order valence-corrected chi connectivity index (χ3v) is 6.79. The number of aliphatic carboxylic acids is 1. The van der Waals surface area contributed by atoms with Crippen LogP contribution >= 0.6 is 0 Å². The predicted molar refractivity (Wildman–Crippen MR) is 163 cm³/mol. The molecule has 0 amide bonds. The number of esters is 1. The van der Waals surface area contributed by atoms with Crippen LogP contribution in [0.4, 0.5) is 0 Å². The highest BCUT2D eigenvalue weighted by Gasteiger charge is 2.25. The number of likely N-dealkylation sites (N-methyl/N-ethyl adjacent to an activating group) is 1. The van der Waals surface area contributed by atoms with Crippen LogP contribution in [0, 0.1) is 0 Å². The lowest BCUT2D eigenvalue weighted by molar-refractivity contribution is -0.873. The maximum atomic E-state index is 11.9. The Kier molecular flexibility index (Phi) is 10.5. The molecule has 0 aromatic heterocycles. The Hall–Kier alpha value is -5.16. The van der Waals surface area contributed by atoms with Crippen molar-refractivity contribution in [2.75, 3.05) is 27.7 Å². The molecule has 0 spiro atoms. The summed E-state index contributed by atoms with van der Waals surface area (Å²) in [5.41, 5.74) is -0.00219. The number of carbonyl (C=O) groups excluding carboxylic acids is 1. The smallest absolute Gasteiger partial charge is 0.339 e. The molecule has 0 aliphatic rings. The number of carbonyl (C=O) groups is 4. The van der Waals surface area contributed by atoms with E-state index in [2.05, 4.69) is 0 Å². The van der Waals surface area contributed by atoms with Gasteiger partial charge in [-0.15, -0.1) is 0 Å². The number of aromatic carboxylic acids is 2. The Morgan fingerprint density at radius 1 is 0.750 bits per heavy atom. The van der Waals surface area contributed by atoms with Crippen LogP contribution in [-0.2, 0) is 20.7 Å². The molecule has 11 nitrogen and oxygen atoms in total. The van der Waals surface area contributed by atoms with Crippen molar-refractivity contribution in [1.29, 1.82) is 0 Å². The van der Waals surface area contributed by atoms with Crippen molar-refractivity contribution in [3.8, 4) is 11.5 Å². The largest absolute Gasteiger partial charge is 0.507 e. The quantitative estimate of drug-likeness (QED) is 0.123. The summed E-state index contributed by atoms with van der Waals surface area (Å²) in [6.45, 7) is 2.18. The van der Waals surface area contributed by atoms with E-state index in [1.807, 2.05) is 21.1 Å². The van der Waals surface area contributed by atoms with Crippen molar-refractivity contribution in [2.45, 2.75) is 32.3 Å². The van der Waals surface area contributed by atoms with Gasteiger partial charge in [-0.25, -0.2) is 9.59 Å². The summed E-state index contributed by atoms with van der Waals surface area (Å²) in [7, 11) is 5.78. The van der Waals surface area contributed by atoms with Crippen LogP contribution in [0.15, 0.2) is 60.7 Å². The summed E-state index contributed by atoms with van der Waals surface area (Å²) in [5.74, 6) is -4.72. The molecule has 1 atom stereocenters. The third kappa shape index (κ3) is 8.23. The minimum Gasteiger partial charge on any atom is -0.507 e. The molecule has 0 bridgehead atoms. The number of quaternary nitrogens is 1. The lowest BCUT2D eigenvalue weighted by Crippen LogP contribution is -2.43. The molecule has 11 heteroatoms. The summed E-state index contributed by atoms with van der Waals surface area (Å²) < 4.78 is 5.62. The molecule has 0 saturated heterocycles. The topological polar surface area (TPSA) is 179 Å². The van der Waals surface area contributed by atoms with Crippen LogP contribution in [0.5, 0.6) is 11.5 Å². The Balaban J connectivity index is 0.000000301. The molecule has 4 aromatic rings. The first-order chi connectivity index (χ1) is 20.6. The van der Waals surface area contributed by atoms with Gasteiger partial charge in [-0.05, 0) is 44.8 Å². The highest BCUT2D eigenvalue weighted by atomic mass is 16.5. The monoisotopic (exact) mass is 606 g/mol. The number of hydrogen-bond acceptors (Lipinski definition) is 7. The maximum Gasteiger partial charge on any atom is 0.339 e. The van der Waals surface area contributed by atoms with Crippen molar-refractivity contribution in [2.24, 2.45) is 0 Å². The van der Waals surface area contributed by atoms with E-state index < -0.39 is 35.5 Å². The molecule has 0 aliphatic heterocycles. The van der Waals surface area contributed by atoms with Gasteiger partial charge < -0.3 is 34.8 Å². The van der Waals surface area contributed by atoms with Crippen LogP contribution in [0.1, 0.15) is 51.6 Å².